The van der Waals surface area contributed by atoms with Gasteiger partial charge in [-0.2, -0.15) is 9.97 Å². The lowest BCUT2D eigenvalue weighted by molar-refractivity contribution is 0.311. The highest BCUT2D eigenvalue weighted by molar-refractivity contribution is 5.85. The molecular formula is C16H15N7O. The van der Waals surface area contributed by atoms with Crippen molar-refractivity contribution >= 4 is 39.5 Å². The number of anilines is 3. The van der Waals surface area contributed by atoms with E-state index in [0.717, 1.165) is 16.6 Å². The standard InChI is InChI=1S/C16H15N7O/c24-7-6-18-14-13-15(20-9-19-13)23-16(22-14)21-11-3-4-12-10(8-11)2-1-5-17-12/h1-5,8-9,24H,6-7H2,(H3,18,19,20,21,22,23). The Hall–Kier alpha value is -3.26. The molecule has 120 valence electrons. The predicted molar refractivity (Wildman–Crippen MR) is 92.3 cm³/mol. The second kappa shape index (κ2) is 6.09. The Kier molecular flexibility index (Phi) is 3.64. The molecule has 0 aliphatic heterocycles. The van der Waals surface area contributed by atoms with E-state index < -0.39 is 0 Å². The van der Waals surface area contributed by atoms with Gasteiger partial charge in [-0.05, 0) is 24.3 Å². The van der Waals surface area contributed by atoms with Gasteiger partial charge in [-0.3, -0.25) is 4.98 Å². The molecule has 8 nitrogen and oxygen atoms in total. The largest absolute Gasteiger partial charge is 0.395 e. The molecule has 0 aliphatic carbocycles. The van der Waals surface area contributed by atoms with Gasteiger partial charge in [-0.1, -0.05) is 6.07 Å². The van der Waals surface area contributed by atoms with E-state index in [1.165, 1.54) is 0 Å². The first-order valence-electron chi connectivity index (χ1n) is 7.51. The number of hydrogen-bond acceptors (Lipinski definition) is 7. The Morgan fingerprint density at radius 3 is 3.00 bits per heavy atom. The number of pyridine rings is 1. The van der Waals surface area contributed by atoms with Crippen LogP contribution in [-0.4, -0.2) is 43.2 Å². The quantitative estimate of drug-likeness (QED) is 0.445. The van der Waals surface area contributed by atoms with E-state index in [2.05, 4.69) is 35.6 Å². The summed E-state index contributed by atoms with van der Waals surface area (Å²) in [6, 6.07) is 9.75. The summed E-state index contributed by atoms with van der Waals surface area (Å²) in [5, 5.41) is 16.3. The molecule has 4 aromatic rings. The second-order valence-corrected chi connectivity index (χ2v) is 5.18. The van der Waals surface area contributed by atoms with Gasteiger partial charge >= 0.3 is 0 Å². The number of aromatic amines is 1. The number of nitrogens with zero attached hydrogens (tertiary/aromatic N) is 4. The SMILES string of the molecule is OCCNc1nc(Nc2ccc3ncccc3c2)nc2nc[nH]c12. The van der Waals surface area contributed by atoms with Gasteiger partial charge in [-0.15, -0.1) is 0 Å². The Balaban J connectivity index is 1.69. The van der Waals surface area contributed by atoms with Crippen LogP contribution in [-0.2, 0) is 0 Å². The third-order valence-corrected chi connectivity index (χ3v) is 3.55. The lowest BCUT2D eigenvalue weighted by atomic mass is 10.2. The smallest absolute Gasteiger partial charge is 0.231 e. The monoisotopic (exact) mass is 321 g/mol. The lowest BCUT2D eigenvalue weighted by Crippen LogP contribution is -2.09. The highest BCUT2D eigenvalue weighted by Crippen LogP contribution is 2.23. The fraction of sp³-hybridized carbons (Fsp3) is 0.125. The first kappa shape index (κ1) is 14.3. The molecule has 8 heteroatoms. The summed E-state index contributed by atoms with van der Waals surface area (Å²) in [5.74, 6) is 1.02. The molecule has 3 aromatic heterocycles. The average molecular weight is 321 g/mol. The van der Waals surface area contributed by atoms with E-state index in [0.29, 0.717) is 29.5 Å². The van der Waals surface area contributed by atoms with Gasteiger partial charge in [0.25, 0.3) is 0 Å². The number of imidazole rings is 1. The van der Waals surface area contributed by atoms with Crippen molar-refractivity contribution in [2.75, 3.05) is 23.8 Å². The molecule has 0 bridgehead atoms. The highest BCUT2D eigenvalue weighted by Gasteiger charge is 2.10. The maximum atomic E-state index is 9.00. The normalized spacial score (nSPS) is 11.0. The zero-order valence-corrected chi connectivity index (χ0v) is 12.7. The number of fused-ring (bicyclic) bond motifs is 2. The summed E-state index contributed by atoms with van der Waals surface area (Å²) < 4.78 is 0. The van der Waals surface area contributed by atoms with Gasteiger partial charge in [0, 0.05) is 23.8 Å². The molecular weight excluding hydrogens is 306 g/mol. The van der Waals surface area contributed by atoms with Crippen molar-refractivity contribution in [2.45, 2.75) is 0 Å². The molecule has 3 heterocycles. The minimum Gasteiger partial charge on any atom is -0.395 e. The molecule has 0 fully saturated rings. The molecule has 0 atom stereocenters. The summed E-state index contributed by atoms with van der Waals surface area (Å²) >= 11 is 0. The van der Waals surface area contributed by atoms with Crippen LogP contribution in [0.1, 0.15) is 0 Å². The van der Waals surface area contributed by atoms with Gasteiger partial charge in [-0.25, -0.2) is 4.98 Å². The summed E-state index contributed by atoms with van der Waals surface area (Å²) in [4.78, 5) is 20.3. The van der Waals surface area contributed by atoms with Crippen LogP contribution >= 0.6 is 0 Å². The van der Waals surface area contributed by atoms with Crippen LogP contribution in [0, 0.1) is 0 Å². The van der Waals surface area contributed by atoms with Gasteiger partial charge < -0.3 is 20.7 Å². The Labute approximate surface area is 137 Å². The van der Waals surface area contributed by atoms with Gasteiger partial charge in [0.1, 0.15) is 5.52 Å². The van der Waals surface area contributed by atoms with Crippen molar-refractivity contribution < 1.29 is 5.11 Å². The zero-order valence-electron chi connectivity index (χ0n) is 12.7. The summed E-state index contributed by atoms with van der Waals surface area (Å²) in [7, 11) is 0. The first-order valence-corrected chi connectivity index (χ1v) is 7.51. The number of aliphatic hydroxyl groups excluding tert-OH is 1. The van der Waals surface area contributed by atoms with E-state index in [4.69, 9.17) is 5.11 Å². The Bertz CT molecular complexity index is 998. The highest BCUT2D eigenvalue weighted by atomic mass is 16.3. The van der Waals surface area contributed by atoms with Gasteiger partial charge in [0.05, 0.1) is 18.5 Å². The van der Waals surface area contributed by atoms with E-state index in [9.17, 15) is 0 Å². The van der Waals surface area contributed by atoms with Crippen molar-refractivity contribution in [3.05, 3.63) is 42.9 Å². The van der Waals surface area contributed by atoms with Crippen molar-refractivity contribution in [3.8, 4) is 0 Å². The third kappa shape index (κ3) is 2.70. The van der Waals surface area contributed by atoms with E-state index in [1.54, 1.807) is 12.5 Å². The minimum atomic E-state index is 0.0140. The van der Waals surface area contributed by atoms with Crippen molar-refractivity contribution in [3.63, 3.8) is 0 Å². The minimum absolute atomic E-state index is 0.0140. The molecule has 4 N–H and O–H groups in total. The number of rotatable bonds is 5. The third-order valence-electron chi connectivity index (χ3n) is 3.55. The molecule has 1 aromatic carbocycles. The lowest BCUT2D eigenvalue weighted by Gasteiger charge is -2.09. The molecule has 0 saturated carbocycles. The van der Waals surface area contributed by atoms with Crippen LogP contribution in [0.15, 0.2) is 42.9 Å². The number of aromatic nitrogens is 5. The molecule has 0 aliphatic rings. The fourth-order valence-corrected chi connectivity index (χ4v) is 2.47. The maximum Gasteiger partial charge on any atom is 0.231 e. The summed E-state index contributed by atoms with van der Waals surface area (Å²) in [6.45, 7) is 0.409. The number of aliphatic hydroxyl groups is 1. The van der Waals surface area contributed by atoms with E-state index in [-0.39, 0.29) is 6.61 Å². The first-order chi connectivity index (χ1) is 11.8. The Morgan fingerprint density at radius 1 is 1.12 bits per heavy atom. The fourth-order valence-electron chi connectivity index (χ4n) is 2.47. The Morgan fingerprint density at radius 2 is 2.08 bits per heavy atom. The topological polar surface area (TPSA) is 112 Å². The van der Waals surface area contributed by atoms with Crippen LogP contribution in [0.25, 0.3) is 22.1 Å². The molecule has 0 saturated heterocycles. The van der Waals surface area contributed by atoms with Gasteiger partial charge in [0.15, 0.2) is 11.5 Å². The molecule has 0 radical (unpaired) electrons. The number of nitrogens with one attached hydrogen (secondary N) is 3. The van der Waals surface area contributed by atoms with E-state index >= 15 is 0 Å². The van der Waals surface area contributed by atoms with Gasteiger partial charge in [0.2, 0.25) is 5.95 Å². The van der Waals surface area contributed by atoms with Crippen LogP contribution in [0.5, 0.6) is 0 Å². The molecule has 0 unspecified atom stereocenters. The molecule has 4 rings (SSSR count). The van der Waals surface area contributed by atoms with Crippen LogP contribution in [0.4, 0.5) is 17.5 Å². The van der Waals surface area contributed by atoms with E-state index in [1.807, 2.05) is 30.3 Å². The van der Waals surface area contributed by atoms with Crippen LogP contribution < -0.4 is 10.6 Å². The molecule has 0 amide bonds. The summed E-state index contributed by atoms with van der Waals surface area (Å²) in [6.07, 6.45) is 3.33. The number of hydrogen-bond donors (Lipinski definition) is 4. The van der Waals surface area contributed by atoms with Crippen molar-refractivity contribution in [1.82, 2.24) is 24.9 Å². The second-order valence-electron chi connectivity index (χ2n) is 5.18. The van der Waals surface area contributed by atoms with Crippen LogP contribution in [0.2, 0.25) is 0 Å². The number of H-pyrrole nitrogens is 1. The molecule has 0 spiro atoms. The predicted octanol–water partition coefficient (Wildman–Crippen LogP) is 2.05. The number of benzene rings is 1. The zero-order chi connectivity index (χ0) is 16.4. The molecule has 24 heavy (non-hydrogen) atoms. The average Bonchev–Trinajstić information content (AvgIpc) is 3.08. The van der Waals surface area contributed by atoms with Crippen molar-refractivity contribution in [1.29, 1.82) is 0 Å². The maximum absolute atomic E-state index is 9.00. The van der Waals surface area contributed by atoms with Crippen LogP contribution in [0.3, 0.4) is 0 Å². The summed E-state index contributed by atoms with van der Waals surface area (Å²) in [5.41, 5.74) is 3.04. The van der Waals surface area contributed by atoms with Crippen molar-refractivity contribution in [2.24, 2.45) is 0 Å².